The SMILES string of the molecule is CC(C)(C)OC(=O)N1CCC(c2nc(-c3ccc(F)cc3)c(-c3ccnc(F)c3)o2)CC1.CC(C)(C)OC(=O)N1CCC(c2nc(-c3ccc(F)cc3)c(-c3ccnc(NC4CCCCC4)c3)o2)CC1. The first-order chi connectivity index (χ1) is 33.4. The van der Waals surface area contributed by atoms with E-state index in [1.807, 2.05) is 53.7 Å². The zero-order valence-electron chi connectivity index (χ0n) is 40.8. The number of pyridine rings is 2. The van der Waals surface area contributed by atoms with Gasteiger partial charge in [0.05, 0.1) is 0 Å². The first-order valence-corrected chi connectivity index (χ1v) is 24.3. The number of ether oxygens (including phenoxy) is 2. The predicted octanol–water partition coefficient (Wildman–Crippen LogP) is 13.2. The first kappa shape index (κ1) is 49.7. The molecule has 2 saturated heterocycles. The average molecular weight is 962 g/mol. The predicted molar refractivity (Wildman–Crippen MR) is 260 cm³/mol. The summed E-state index contributed by atoms with van der Waals surface area (Å²) in [4.78, 5) is 46.0. The highest BCUT2D eigenvalue weighted by Crippen LogP contribution is 2.40. The van der Waals surface area contributed by atoms with Crippen LogP contribution in [0.3, 0.4) is 0 Å². The van der Waals surface area contributed by atoms with Crippen molar-refractivity contribution in [3.63, 3.8) is 0 Å². The van der Waals surface area contributed by atoms with Crippen LogP contribution >= 0.6 is 0 Å². The number of oxazole rings is 2. The Morgan fingerprint density at radius 2 is 1.00 bits per heavy atom. The summed E-state index contributed by atoms with van der Waals surface area (Å²) in [6.07, 6.45) is 11.4. The number of carbonyl (C=O) groups excluding carboxylic acids is 2. The lowest BCUT2D eigenvalue weighted by Crippen LogP contribution is -2.41. The number of nitrogens with one attached hydrogen (secondary N) is 1. The van der Waals surface area contributed by atoms with Crippen molar-refractivity contribution < 1.29 is 41.1 Å². The summed E-state index contributed by atoms with van der Waals surface area (Å²) >= 11 is 0. The highest BCUT2D eigenvalue weighted by atomic mass is 19.1. The maximum absolute atomic E-state index is 13.8. The molecule has 9 rings (SSSR count). The summed E-state index contributed by atoms with van der Waals surface area (Å²) in [5.74, 6) is 1.82. The summed E-state index contributed by atoms with van der Waals surface area (Å²) < 4.78 is 64.5. The number of amides is 2. The minimum absolute atomic E-state index is 0.00619. The maximum atomic E-state index is 13.8. The van der Waals surface area contributed by atoms with E-state index in [0.29, 0.717) is 90.9 Å². The van der Waals surface area contributed by atoms with Gasteiger partial charge in [0.1, 0.15) is 40.0 Å². The number of hydrogen-bond acceptors (Lipinski definition) is 11. The highest BCUT2D eigenvalue weighted by molar-refractivity contribution is 5.79. The molecule has 2 amide bonds. The van der Waals surface area contributed by atoms with Crippen LogP contribution in [0.1, 0.15) is 123 Å². The minimum atomic E-state index is -0.629. The summed E-state index contributed by atoms with van der Waals surface area (Å²) in [5, 5.41) is 3.59. The molecule has 13 nitrogen and oxygen atoms in total. The van der Waals surface area contributed by atoms with Crippen molar-refractivity contribution in [2.75, 3.05) is 31.5 Å². The van der Waals surface area contributed by atoms with Crippen molar-refractivity contribution in [3.8, 4) is 45.2 Å². The van der Waals surface area contributed by atoms with E-state index in [-0.39, 0.29) is 35.7 Å². The molecule has 1 saturated carbocycles. The van der Waals surface area contributed by atoms with Gasteiger partial charge in [0.2, 0.25) is 5.95 Å². The Kier molecular flexibility index (Phi) is 15.3. The van der Waals surface area contributed by atoms with Gasteiger partial charge in [-0.2, -0.15) is 4.39 Å². The molecule has 1 aliphatic carbocycles. The van der Waals surface area contributed by atoms with Crippen molar-refractivity contribution in [1.29, 1.82) is 0 Å². The van der Waals surface area contributed by atoms with Gasteiger partial charge in [0, 0.05) is 84.8 Å². The number of aromatic nitrogens is 4. The van der Waals surface area contributed by atoms with E-state index in [1.54, 1.807) is 46.3 Å². The fraction of sp³-hybridized carbons (Fsp3) is 0.444. The van der Waals surface area contributed by atoms with Crippen LogP contribution < -0.4 is 5.32 Å². The van der Waals surface area contributed by atoms with Gasteiger partial charge in [0.25, 0.3) is 0 Å². The minimum Gasteiger partial charge on any atom is -0.444 e. The Labute approximate surface area is 407 Å². The Hall–Kier alpha value is -6.71. The van der Waals surface area contributed by atoms with Crippen LogP contribution in [0.4, 0.5) is 28.6 Å². The van der Waals surface area contributed by atoms with Crippen molar-refractivity contribution in [1.82, 2.24) is 29.7 Å². The van der Waals surface area contributed by atoms with Gasteiger partial charge in [-0.1, -0.05) is 19.3 Å². The van der Waals surface area contributed by atoms with E-state index in [0.717, 1.165) is 42.6 Å². The standard InChI is InChI=1S/C30H37FN4O3.C24H25F2N3O3/c1-30(2,3)38-29(36)35-17-14-21(15-18-35)28-34-26(20-9-11-23(31)12-10-20)27(37-28)22-13-16-32-25(19-22)33-24-7-5-4-6-8-24;1-24(2,3)32-23(30)29-12-9-16(10-13-29)22-28-20(15-4-6-18(25)7-5-15)21(31-22)17-8-11-27-19(26)14-17/h9-13,16,19,21,24H,4-8,14-15,17-18H2,1-3H3,(H,32,33);4-8,11,14,16H,9-10,12-13H2,1-3H3. The van der Waals surface area contributed by atoms with Gasteiger partial charge >= 0.3 is 12.2 Å². The van der Waals surface area contributed by atoms with Crippen LogP contribution in [0.15, 0.2) is 94.0 Å². The molecule has 0 atom stereocenters. The quantitative estimate of drug-likeness (QED) is 0.145. The van der Waals surface area contributed by atoms with Gasteiger partial charge in [-0.3, -0.25) is 0 Å². The van der Waals surface area contributed by atoms with E-state index >= 15 is 0 Å². The highest BCUT2D eigenvalue weighted by Gasteiger charge is 2.33. The van der Waals surface area contributed by atoms with Crippen molar-refractivity contribution >= 4 is 18.0 Å². The number of anilines is 1. The van der Waals surface area contributed by atoms with E-state index in [1.165, 1.54) is 55.8 Å². The Morgan fingerprint density at radius 3 is 1.43 bits per heavy atom. The summed E-state index contributed by atoms with van der Waals surface area (Å²) in [5.41, 5.74) is 2.97. The van der Waals surface area contributed by atoms with Crippen LogP contribution in [0, 0.1) is 17.6 Å². The van der Waals surface area contributed by atoms with Gasteiger partial charge < -0.3 is 33.4 Å². The number of piperidine rings is 2. The fourth-order valence-corrected chi connectivity index (χ4v) is 8.94. The molecule has 1 N–H and O–H groups in total. The lowest BCUT2D eigenvalue weighted by molar-refractivity contribution is 0.0189. The molecular weight excluding hydrogens is 900 g/mol. The Balaban J connectivity index is 0.000000191. The number of hydrogen-bond donors (Lipinski definition) is 1. The lowest BCUT2D eigenvalue weighted by Gasteiger charge is -2.32. The second-order valence-electron chi connectivity index (χ2n) is 20.2. The number of halogens is 3. The monoisotopic (exact) mass is 961 g/mol. The number of nitrogens with zero attached hydrogens (tertiary/aromatic N) is 6. The van der Waals surface area contributed by atoms with Crippen LogP contribution in [0.25, 0.3) is 45.2 Å². The molecule has 3 aliphatic rings. The molecule has 6 aromatic rings. The van der Waals surface area contributed by atoms with Crippen LogP contribution in [0.2, 0.25) is 0 Å². The molecule has 70 heavy (non-hydrogen) atoms. The van der Waals surface area contributed by atoms with Crippen molar-refractivity contribution in [2.24, 2.45) is 0 Å². The third-order valence-electron chi connectivity index (χ3n) is 12.5. The number of rotatable bonds is 8. The fourth-order valence-electron chi connectivity index (χ4n) is 8.94. The molecule has 16 heteroatoms. The zero-order chi connectivity index (χ0) is 49.6. The molecular formula is C54H62F3N7O6. The number of benzene rings is 2. The average Bonchev–Trinajstić information content (AvgIpc) is 3.99. The van der Waals surface area contributed by atoms with Crippen LogP contribution in [-0.2, 0) is 9.47 Å². The van der Waals surface area contributed by atoms with Gasteiger partial charge in [0.15, 0.2) is 23.3 Å². The second-order valence-corrected chi connectivity index (χ2v) is 20.2. The lowest BCUT2D eigenvalue weighted by atomic mass is 9.95. The van der Waals surface area contributed by atoms with Crippen LogP contribution in [-0.4, -0.2) is 85.3 Å². The molecule has 0 spiro atoms. The normalized spacial score (nSPS) is 16.4. The molecule has 6 heterocycles. The Bertz CT molecular complexity index is 2710. The maximum Gasteiger partial charge on any atom is 0.410 e. The topological polar surface area (TPSA) is 149 Å². The van der Waals surface area contributed by atoms with E-state index in [9.17, 15) is 22.8 Å². The van der Waals surface area contributed by atoms with Gasteiger partial charge in [-0.25, -0.2) is 38.3 Å². The molecule has 370 valence electrons. The number of likely N-dealkylation sites (tertiary alicyclic amines) is 2. The van der Waals surface area contributed by atoms with Crippen molar-refractivity contribution in [3.05, 3.63) is 115 Å². The largest absolute Gasteiger partial charge is 0.444 e. The molecule has 0 radical (unpaired) electrons. The van der Waals surface area contributed by atoms with E-state index in [2.05, 4.69) is 15.3 Å². The zero-order valence-corrected chi connectivity index (χ0v) is 40.8. The second kappa shape index (κ2) is 21.5. The number of carbonyl (C=O) groups is 2. The van der Waals surface area contributed by atoms with Crippen molar-refractivity contribution in [2.45, 2.75) is 128 Å². The van der Waals surface area contributed by atoms with Crippen LogP contribution in [0.5, 0.6) is 0 Å². The summed E-state index contributed by atoms with van der Waals surface area (Å²) in [6.45, 7) is 13.3. The smallest absolute Gasteiger partial charge is 0.410 e. The molecule has 2 aliphatic heterocycles. The molecule has 0 bridgehead atoms. The molecule has 3 fully saturated rings. The Morgan fingerprint density at radius 1 is 0.571 bits per heavy atom. The first-order valence-electron chi connectivity index (χ1n) is 24.3. The third kappa shape index (κ3) is 12.9. The summed E-state index contributed by atoms with van der Waals surface area (Å²) in [6, 6.07) is 19.6. The third-order valence-corrected chi connectivity index (χ3v) is 12.5. The van der Waals surface area contributed by atoms with Gasteiger partial charge in [-0.15, -0.1) is 0 Å². The van der Waals surface area contributed by atoms with E-state index < -0.39 is 17.1 Å². The molecule has 0 unspecified atom stereocenters. The van der Waals surface area contributed by atoms with E-state index in [4.69, 9.17) is 28.3 Å². The molecule has 2 aromatic carbocycles. The molecule has 4 aromatic heterocycles. The summed E-state index contributed by atoms with van der Waals surface area (Å²) in [7, 11) is 0. The van der Waals surface area contributed by atoms with Gasteiger partial charge in [-0.05, 0) is 147 Å².